The number of benzene rings is 1. The van der Waals surface area contributed by atoms with Crippen LogP contribution in [-0.2, 0) is 6.54 Å². The third-order valence-electron chi connectivity index (χ3n) is 3.54. The Balaban J connectivity index is 0.00000144. The fourth-order valence-electron chi connectivity index (χ4n) is 2.28. The molecule has 1 saturated heterocycles. The van der Waals surface area contributed by atoms with Gasteiger partial charge in [-0.3, -0.25) is 4.90 Å². The molecule has 1 aliphatic rings. The van der Waals surface area contributed by atoms with Crippen LogP contribution in [-0.4, -0.2) is 31.1 Å². The van der Waals surface area contributed by atoms with Crippen molar-refractivity contribution in [3.63, 3.8) is 0 Å². The molecule has 3 heteroatoms. The number of hydrogen-bond acceptors (Lipinski definition) is 2. The van der Waals surface area contributed by atoms with E-state index < -0.39 is 0 Å². The maximum absolute atomic E-state index is 3.45. The smallest absolute Gasteiger partial charge is 0.0237 e. The van der Waals surface area contributed by atoms with Crippen LogP contribution in [0.4, 0.5) is 0 Å². The lowest BCUT2D eigenvalue weighted by atomic mass is 10.0. The molecule has 0 atom stereocenters. The number of nitrogens with zero attached hydrogens (tertiary/aromatic N) is 1. The second-order valence-electron chi connectivity index (χ2n) is 4.74. The zero-order valence-corrected chi connectivity index (χ0v) is 11.6. The number of nitrogens with one attached hydrogen (secondary N) is 1. The van der Waals surface area contributed by atoms with Crippen LogP contribution in [0, 0.1) is 13.8 Å². The Morgan fingerprint density at radius 1 is 1.18 bits per heavy atom. The van der Waals surface area contributed by atoms with Gasteiger partial charge in [-0.05, 0) is 50.0 Å². The lowest BCUT2D eigenvalue weighted by Crippen LogP contribution is -2.28. The first-order valence-electron chi connectivity index (χ1n) is 6.25. The first-order valence-corrected chi connectivity index (χ1v) is 6.25. The fraction of sp³-hybridized carbons (Fsp3) is 0.571. The molecule has 0 aliphatic carbocycles. The van der Waals surface area contributed by atoms with E-state index in [2.05, 4.69) is 42.3 Å². The minimum Gasteiger partial charge on any atom is -0.315 e. The van der Waals surface area contributed by atoms with Gasteiger partial charge in [0.2, 0.25) is 0 Å². The number of aryl methyl sites for hydroxylation is 1. The van der Waals surface area contributed by atoms with Gasteiger partial charge in [-0.15, -0.1) is 12.4 Å². The summed E-state index contributed by atoms with van der Waals surface area (Å²) in [4.78, 5) is 2.56. The van der Waals surface area contributed by atoms with E-state index in [4.69, 9.17) is 0 Å². The van der Waals surface area contributed by atoms with Crippen LogP contribution >= 0.6 is 12.4 Å². The maximum Gasteiger partial charge on any atom is 0.0237 e. The molecule has 17 heavy (non-hydrogen) atoms. The summed E-state index contributed by atoms with van der Waals surface area (Å²) in [6.07, 6.45) is 1.27. The standard InChI is InChI=1S/C14H22N2.ClH/c1-12-5-3-6-14(13(12)2)11-16-9-4-7-15-8-10-16;/h3,5-6,15H,4,7-11H2,1-2H3;1H. The molecule has 1 fully saturated rings. The Hall–Kier alpha value is -0.570. The van der Waals surface area contributed by atoms with Crippen LogP contribution in [0.1, 0.15) is 23.1 Å². The molecule has 0 amide bonds. The molecule has 0 aromatic heterocycles. The minimum absolute atomic E-state index is 0. The van der Waals surface area contributed by atoms with Crippen LogP contribution in [0.3, 0.4) is 0 Å². The zero-order valence-electron chi connectivity index (χ0n) is 10.8. The highest BCUT2D eigenvalue weighted by Gasteiger charge is 2.10. The average Bonchev–Trinajstić information content (AvgIpc) is 2.53. The molecule has 1 aromatic carbocycles. The molecule has 1 aliphatic heterocycles. The number of rotatable bonds is 2. The molecular weight excluding hydrogens is 232 g/mol. The second kappa shape index (κ2) is 7.00. The van der Waals surface area contributed by atoms with Gasteiger partial charge in [0.25, 0.3) is 0 Å². The first-order chi connectivity index (χ1) is 7.77. The Morgan fingerprint density at radius 2 is 2.00 bits per heavy atom. The van der Waals surface area contributed by atoms with Crippen LogP contribution in [0.2, 0.25) is 0 Å². The zero-order chi connectivity index (χ0) is 11.4. The van der Waals surface area contributed by atoms with E-state index in [1.807, 2.05) is 0 Å². The van der Waals surface area contributed by atoms with Gasteiger partial charge in [0.15, 0.2) is 0 Å². The summed E-state index contributed by atoms with van der Waals surface area (Å²) in [5.74, 6) is 0. The van der Waals surface area contributed by atoms with Crippen molar-refractivity contribution < 1.29 is 0 Å². The van der Waals surface area contributed by atoms with Crippen molar-refractivity contribution in [2.24, 2.45) is 0 Å². The SMILES string of the molecule is Cc1cccc(CN2CCCNCC2)c1C.Cl. The van der Waals surface area contributed by atoms with Crippen molar-refractivity contribution >= 4 is 12.4 Å². The molecule has 2 nitrogen and oxygen atoms in total. The van der Waals surface area contributed by atoms with Crippen molar-refractivity contribution in [3.05, 3.63) is 34.9 Å². The van der Waals surface area contributed by atoms with Crippen molar-refractivity contribution in [2.75, 3.05) is 26.2 Å². The van der Waals surface area contributed by atoms with Crippen LogP contribution in [0.25, 0.3) is 0 Å². The van der Waals surface area contributed by atoms with Crippen molar-refractivity contribution in [3.8, 4) is 0 Å². The molecule has 2 rings (SSSR count). The third-order valence-corrected chi connectivity index (χ3v) is 3.54. The van der Waals surface area contributed by atoms with Crippen LogP contribution in [0.15, 0.2) is 18.2 Å². The predicted octanol–water partition coefficient (Wildman–Crippen LogP) is 2.52. The van der Waals surface area contributed by atoms with Crippen molar-refractivity contribution in [1.29, 1.82) is 0 Å². The van der Waals surface area contributed by atoms with Gasteiger partial charge in [-0.1, -0.05) is 18.2 Å². The number of halogens is 1. The molecule has 0 saturated carbocycles. The molecule has 1 aromatic rings. The first kappa shape index (κ1) is 14.5. The van der Waals surface area contributed by atoms with E-state index in [1.165, 1.54) is 42.7 Å². The van der Waals surface area contributed by atoms with Gasteiger partial charge in [0, 0.05) is 19.6 Å². The van der Waals surface area contributed by atoms with Crippen LogP contribution < -0.4 is 5.32 Å². The maximum atomic E-state index is 3.45. The van der Waals surface area contributed by atoms with Gasteiger partial charge in [-0.2, -0.15) is 0 Å². The van der Waals surface area contributed by atoms with E-state index >= 15 is 0 Å². The Kier molecular flexibility index (Phi) is 5.96. The van der Waals surface area contributed by atoms with E-state index in [1.54, 1.807) is 0 Å². The molecule has 1 heterocycles. The van der Waals surface area contributed by atoms with E-state index in [9.17, 15) is 0 Å². The lowest BCUT2D eigenvalue weighted by molar-refractivity contribution is 0.284. The van der Waals surface area contributed by atoms with E-state index in [0.29, 0.717) is 0 Å². The summed E-state index contributed by atoms with van der Waals surface area (Å²) in [6, 6.07) is 6.64. The predicted molar refractivity (Wildman–Crippen MR) is 75.9 cm³/mol. The minimum atomic E-state index is 0. The van der Waals surface area contributed by atoms with E-state index in [-0.39, 0.29) is 12.4 Å². The Morgan fingerprint density at radius 3 is 2.82 bits per heavy atom. The Labute approximate surface area is 111 Å². The summed E-state index contributed by atoms with van der Waals surface area (Å²) in [7, 11) is 0. The average molecular weight is 255 g/mol. The molecule has 0 spiro atoms. The number of hydrogen-bond donors (Lipinski definition) is 1. The molecular formula is C14H23ClN2. The molecule has 0 radical (unpaired) electrons. The molecule has 1 N–H and O–H groups in total. The summed E-state index contributed by atoms with van der Waals surface area (Å²) in [6.45, 7) is 10.2. The van der Waals surface area contributed by atoms with Crippen LogP contribution in [0.5, 0.6) is 0 Å². The van der Waals surface area contributed by atoms with Gasteiger partial charge in [0.1, 0.15) is 0 Å². The van der Waals surface area contributed by atoms with E-state index in [0.717, 1.165) is 13.1 Å². The second-order valence-corrected chi connectivity index (χ2v) is 4.74. The Bertz CT molecular complexity index is 344. The van der Waals surface area contributed by atoms with Gasteiger partial charge < -0.3 is 5.32 Å². The van der Waals surface area contributed by atoms with Gasteiger partial charge >= 0.3 is 0 Å². The highest BCUT2D eigenvalue weighted by molar-refractivity contribution is 5.85. The van der Waals surface area contributed by atoms with Crippen molar-refractivity contribution in [1.82, 2.24) is 10.2 Å². The lowest BCUT2D eigenvalue weighted by Gasteiger charge is -2.21. The topological polar surface area (TPSA) is 15.3 Å². The summed E-state index contributed by atoms with van der Waals surface area (Å²) in [5, 5.41) is 3.45. The quantitative estimate of drug-likeness (QED) is 0.873. The third kappa shape index (κ3) is 3.98. The fourth-order valence-corrected chi connectivity index (χ4v) is 2.28. The molecule has 96 valence electrons. The highest BCUT2D eigenvalue weighted by atomic mass is 35.5. The largest absolute Gasteiger partial charge is 0.315 e. The summed E-state index contributed by atoms with van der Waals surface area (Å²) >= 11 is 0. The van der Waals surface area contributed by atoms with Crippen molar-refractivity contribution in [2.45, 2.75) is 26.8 Å². The van der Waals surface area contributed by atoms with Gasteiger partial charge in [0.05, 0.1) is 0 Å². The summed E-state index contributed by atoms with van der Waals surface area (Å²) in [5.41, 5.74) is 4.35. The normalized spacial score (nSPS) is 17.3. The van der Waals surface area contributed by atoms with Gasteiger partial charge in [-0.25, -0.2) is 0 Å². The molecule has 0 unspecified atom stereocenters. The summed E-state index contributed by atoms with van der Waals surface area (Å²) < 4.78 is 0. The molecule has 0 bridgehead atoms. The highest BCUT2D eigenvalue weighted by Crippen LogP contribution is 2.15. The monoisotopic (exact) mass is 254 g/mol.